The molecule has 11 heteroatoms. The summed E-state index contributed by atoms with van der Waals surface area (Å²) in [5.41, 5.74) is 2.78. The van der Waals surface area contributed by atoms with Crippen LogP contribution in [0.3, 0.4) is 0 Å². The number of rotatable bonds is 8. The summed E-state index contributed by atoms with van der Waals surface area (Å²) in [5, 5.41) is 11.5. The Morgan fingerprint density at radius 3 is 2.18 bits per heavy atom. The monoisotopic (exact) mass is 559 g/mol. The number of hydrogen-bond acceptors (Lipinski definition) is 8. The van der Waals surface area contributed by atoms with Crippen LogP contribution in [-0.2, 0) is 14.8 Å². The molecule has 5 rings (SSSR count). The minimum atomic E-state index is -4.25. The fourth-order valence-electron chi connectivity index (χ4n) is 4.08. The summed E-state index contributed by atoms with van der Waals surface area (Å²) >= 11 is 1.03. The third-order valence-electron chi connectivity index (χ3n) is 5.87. The molecule has 0 radical (unpaired) electrons. The number of aromatic nitrogens is 1. The molecule has 2 heterocycles. The largest absolute Gasteiger partial charge is 0.462 e. The van der Waals surface area contributed by atoms with Crippen LogP contribution in [0.15, 0.2) is 95.9 Å². The van der Waals surface area contributed by atoms with E-state index in [0.29, 0.717) is 21.5 Å². The number of nitro benzene ring substituents is 1. The molecule has 0 aliphatic heterocycles. The smallest absolute Gasteiger partial charge is 0.350 e. The van der Waals surface area contributed by atoms with Gasteiger partial charge in [-0.3, -0.25) is 14.8 Å². The van der Waals surface area contributed by atoms with Gasteiger partial charge in [0.05, 0.1) is 27.8 Å². The predicted molar refractivity (Wildman–Crippen MR) is 150 cm³/mol. The number of carbonyl (C=O) groups is 1. The number of nitrogens with zero attached hydrogens (tertiary/aromatic N) is 2. The highest BCUT2D eigenvalue weighted by Crippen LogP contribution is 2.44. The molecule has 39 heavy (non-hydrogen) atoms. The molecule has 0 fully saturated rings. The zero-order valence-electron chi connectivity index (χ0n) is 20.5. The van der Waals surface area contributed by atoms with Gasteiger partial charge in [0.25, 0.3) is 15.7 Å². The Kier molecular flexibility index (Phi) is 7.09. The number of anilines is 1. The molecule has 0 aliphatic carbocycles. The molecule has 0 amide bonds. The number of nitrogens with one attached hydrogen (secondary N) is 1. The number of nitro groups is 1. The minimum absolute atomic E-state index is 0.0396. The van der Waals surface area contributed by atoms with E-state index in [9.17, 15) is 23.3 Å². The maximum Gasteiger partial charge on any atom is 0.350 e. The van der Waals surface area contributed by atoms with E-state index in [2.05, 4.69) is 4.72 Å². The average molecular weight is 560 g/mol. The van der Waals surface area contributed by atoms with Gasteiger partial charge in [0.15, 0.2) is 0 Å². The highest BCUT2D eigenvalue weighted by molar-refractivity contribution is 7.92. The standard InChI is InChI=1S/C28H21N3O6S2/c1-2-37-28(32)26-25(30-39(35,36)21-15-13-20(14-16-21)31(33)34)24-22(18-9-5-3-6-10-18)17-23(29-27(24)38-26)19-11-7-4-8-12-19/h3-17,30H,2H2,1H3. The second-order valence-corrected chi connectivity index (χ2v) is 11.0. The average Bonchev–Trinajstić information content (AvgIpc) is 3.31. The van der Waals surface area contributed by atoms with Crippen molar-refractivity contribution in [2.24, 2.45) is 0 Å². The van der Waals surface area contributed by atoms with Crippen LogP contribution < -0.4 is 4.72 Å². The fraction of sp³-hybridized carbons (Fsp3) is 0.0714. The molecule has 0 spiro atoms. The van der Waals surface area contributed by atoms with E-state index in [4.69, 9.17) is 9.72 Å². The van der Waals surface area contributed by atoms with Crippen LogP contribution in [0.5, 0.6) is 0 Å². The Balaban J connectivity index is 1.75. The van der Waals surface area contributed by atoms with Gasteiger partial charge in [-0.05, 0) is 36.2 Å². The highest BCUT2D eigenvalue weighted by atomic mass is 32.2. The lowest BCUT2D eigenvalue weighted by Crippen LogP contribution is -2.15. The quantitative estimate of drug-likeness (QED) is 0.130. The van der Waals surface area contributed by atoms with Gasteiger partial charge < -0.3 is 4.74 Å². The Morgan fingerprint density at radius 2 is 1.59 bits per heavy atom. The molecule has 0 unspecified atom stereocenters. The van der Waals surface area contributed by atoms with Crippen LogP contribution >= 0.6 is 11.3 Å². The van der Waals surface area contributed by atoms with Gasteiger partial charge in [-0.15, -0.1) is 11.3 Å². The number of sulfonamides is 1. The predicted octanol–water partition coefficient (Wildman–Crippen LogP) is 6.52. The van der Waals surface area contributed by atoms with Crippen molar-refractivity contribution < 1.29 is 22.9 Å². The first-order valence-corrected chi connectivity index (χ1v) is 14.1. The Hall–Kier alpha value is -4.61. The first kappa shape index (κ1) is 26.0. The van der Waals surface area contributed by atoms with E-state index in [0.717, 1.165) is 46.7 Å². The molecule has 0 saturated carbocycles. The van der Waals surface area contributed by atoms with Crippen LogP contribution in [0.2, 0.25) is 0 Å². The topological polar surface area (TPSA) is 128 Å². The summed E-state index contributed by atoms with van der Waals surface area (Å²) < 4.78 is 34.7. The summed E-state index contributed by atoms with van der Waals surface area (Å²) in [6.45, 7) is 1.75. The van der Waals surface area contributed by atoms with Gasteiger partial charge in [0.1, 0.15) is 9.71 Å². The van der Waals surface area contributed by atoms with Gasteiger partial charge in [0.2, 0.25) is 0 Å². The number of esters is 1. The summed E-state index contributed by atoms with van der Waals surface area (Å²) in [6.07, 6.45) is 0. The third-order valence-corrected chi connectivity index (χ3v) is 8.30. The first-order chi connectivity index (χ1) is 18.8. The Morgan fingerprint density at radius 1 is 0.974 bits per heavy atom. The molecule has 2 aromatic heterocycles. The van der Waals surface area contributed by atoms with E-state index in [1.54, 1.807) is 6.92 Å². The molecular formula is C28H21N3O6S2. The number of thiophene rings is 1. The maximum atomic E-state index is 13.4. The minimum Gasteiger partial charge on any atom is -0.462 e. The first-order valence-electron chi connectivity index (χ1n) is 11.8. The van der Waals surface area contributed by atoms with Crippen molar-refractivity contribution in [3.63, 3.8) is 0 Å². The van der Waals surface area contributed by atoms with Crippen LogP contribution in [0, 0.1) is 10.1 Å². The van der Waals surface area contributed by atoms with E-state index in [-0.39, 0.29) is 27.8 Å². The lowest BCUT2D eigenvalue weighted by molar-refractivity contribution is -0.384. The fourth-order valence-corrected chi connectivity index (χ4v) is 6.28. The molecule has 3 aromatic carbocycles. The number of hydrogen-bond donors (Lipinski definition) is 1. The maximum absolute atomic E-state index is 13.4. The molecular weight excluding hydrogens is 538 g/mol. The number of pyridine rings is 1. The Labute approximate surface area is 227 Å². The lowest BCUT2D eigenvalue weighted by atomic mass is 9.99. The van der Waals surface area contributed by atoms with Crippen molar-refractivity contribution in [3.8, 4) is 22.4 Å². The van der Waals surface area contributed by atoms with Gasteiger partial charge in [-0.2, -0.15) is 0 Å². The number of carbonyl (C=O) groups excluding carboxylic acids is 1. The summed E-state index contributed by atoms with van der Waals surface area (Å²) in [6, 6.07) is 25.3. The molecule has 0 bridgehead atoms. The molecule has 0 atom stereocenters. The van der Waals surface area contributed by atoms with Gasteiger partial charge in [0, 0.05) is 23.1 Å². The number of benzene rings is 3. The van der Waals surface area contributed by atoms with Crippen LogP contribution in [-0.4, -0.2) is 30.9 Å². The molecule has 196 valence electrons. The van der Waals surface area contributed by atoms with Crippen molar-refractivity contribution in [1.29, 1.82) is 0 Å². The SMILES string of the molecule is CCOC(=O)c1sc2nc(-c3ccccc3)cc(-c3ccccc3)c2c1NS(=O)(=O)c1ccc([N+](=O)[O-])cc1. The normalized spacial score (nSPS) is 11.3. The molecule has 0 aliphatic rings. The van der Waals surface area contributed by atoms with Crippen molar-refractivity contribution in [3.05, 3.63) is 106 Å². The highest BCUT2D eigenvalue weighted by Gasteiger charge is 2.28. The van der Waals surface area contributed by atoms with E-state index in [1.807, 2.05) is 66.7 Å². The number of fused-ring (bicyclic) bond motifs is 1. The van der Waals surface area contributed by atoms with Gasteiger partial charge >= 0.3 is 5.97 Å². The van der Waals surface area contributed by atoms with Crippen molar-refractivity contribution in [2.75, 3.05) is 11.3 Å². The van der Waals surface area contributed by atoms with E-state index < -0.39 is 20.9 Å². The van der Waals surface area contributed by atoms with Gasteiger partial charge in [-0.25, -0.2) is 18.2 Å². The zero-order chi connectivity index (χ0) is 27.6. The molecule has 9 nitrogen and oxygen atoms in total. The number of non-ortho nitro benzene ring substituents is 1. The lowest BCUT2D eigenvalue weighted by Gasteiger charge is -2.13. The summed E-state index contributed by atoms with van der Waals surface area (Å²) in [4.78, 5) is 28.5. The van der Waals surface area contributed by atoms with Crippen LogP contribution in [0.25, 0.3) is 32.6 Å². The second kappa shape index (κ2) is 10.6. The second-order valence-electron chi connectivity index (χ2n) is 8.35. The summed E-state index contributed by atoms with van der Waals surface area (Å²) in [5.74, 6) is -0.692. The molecule has 1 N–H and O–H groups in total. The van der Waals surface area contributed by atoms with E-state index >= 15 is 0 Å². The van der Waals surface area contributed by atoms with Crippen molar-refractivity contribution in [1.82, 2.24) is 4.98 Å². The third kappa shape index (κ3) is 5.22. The summed E-state index contributed by atoms with van der Waals surface area (Å²) in [7, 11) is -4.25. The van der Waals surface area contributed by atoms with Gasteiger partial charge in [-0.1, -0.05) is 60.7 Å². The number of ether oxygens (including phenoxy) is 1. The van der Waals surface area contributed by atoms with E-state index in [1.165, 1.54) is 0 Å². The molecule has 0 saturated heterocycles. The van der Waals surface area contributed by atoms with Crippen LogP contribution in [0.1, 0.15) is 16.6 Å². The Bertz CT molecular complexity index is 1790. The van der Waals surface area contributed by atoms with Crippen molar-refractivity contribution >= 4 is 48.9 Å². The van der Waals surface area contributed by atoms with Crippen LogP contribution in [0.4, 0.5) is 11.4 Å². The van der Waals surface area contributed by atoms with Crippen molar-refractivity contribution in [2.45, 2.75) is 11.8 Å². The zero-order valence-corrected chi connectivity index (χ0v) is 22.2. The molecule has 5 aromatic rings.